The first kappa shape index (κ1) is 14.5. The molecule has 23 heavy (non-hydrogen) atoms. The molecule has 2 aromatic rings. The maximum Gasteiger partial charge on any atom is 0.269 e. The Bertz CT molecular complexity index is 801. The summed E-state index contributed by atoms with van der Waals surface area (Å²) in [7, 11) is 0. The number of nitro benzene ring substituents is 1. The number of halogens is 1. The number of benzene rings is 2. The molecule has 3 atom stereocenters. The zero-order chi connectivity index (χ0) is 16.0. The lowest BCUT2D eigenvalue weighted by molar-refractivity contribution is -0.384. The van der Waals surface area contributed by atoms with Gasteiger partial charge in [-0.2, -0.15) is 0 Å². The number of allylic oxidation sites excluding steroid dienone is 2. The molecule has 1 aliphatic heterocycles. The molecular formula is C18H15BrN2O2. The van der Waals surface area contributed by atoms with Crippen molar-refractivity contribution in [2.75, 3.05) is 5.32 Å². The third kappa shape index (κ3) is 2.45. The van der Waals surface area contributed by atoms with Crippen molar-refractivity contribution in [1.82, 2.24) is 0 Å². The minimum absolute atomic E-state index is 0.159. The Morgan fingerprint density at radius 2 is 1.96 bits per heavy atom. The summed E-state index contributed by atoms with van der Waals surface area (Å²) in [5.74, 6) is 0.630. The van der Waals surface area contributed by atoms with E-state index in [-0.39, 0.29) is 22.6 Å². The Kier molecular flexibility index (Phi) is 3.45. The largest absolute Gasteiger partial charge is 0.378 e. The van der Waals surface area contributed by atoms with Gasteiger partial charge >= 0.3 is 0 Å². The first-order chi connectivity index (χ1) is 11.1. The van der Waals surface area contributed by atoms with Gasteiger partial charge in [0.2, 0.25) is 0 Å². The van der Waals surface area contributed by atoms with Gasteiger partial charge in [0.15, 0.2) is 0 Å². The minimum Gasteiger partial charge on any atom is -0.378 e. The fourth-order valence-electron chi connectivity index (χ4n) is 3.70. The van der Waals surface area contributed by atoms with Gasteiger partial charge in [-0.15, -0.1) is 0 Å². The van der Waals surface area contributed by atoms with Gasteiger partial charge in [0.05, 0.1) is 11.0 Å². The van der Waals surface area contributed by atoms with Crippen LogP contribution in [0.25, 0.3) is 0 Å². The Morgan fingerprint density at radius 3 is 2.70 bits per heavy atom. The zero-order valence-electron chi connectivity index (χ0n) is 12.3. The van der Waals surface area contributed by atoms with Crippen LogP contribution in [0.4, 0.5) is 11.4 Å². The fourth-order valence-corrected chi connectivity index (χ4v) is 3.96. The van der Waals surface area contributed by atoms with Gasteiger partial charge in [-0.3, -0.25) is 10.1 Å². The second kappa shape index (κ2) is 5.49. The van der Waals surface area contributed by atoms with Crippen molar-refractivity contribution >= 4 is 27.3 Å². The van der Waals surface area contributed by atoms with Crippen molar-refractivity contribution in [2.24, 2.45) is 5.92 Å². The van der Waals surface area contributed by atoms with Crippen LogP contribution in [0, 0.1) is 16.0 Å². The molecule has 1 N–H and O–H groups in total. The van der Waals surface area contributed by atoms with E-state index < -0.39 is 0 Å². The second-order valence-corrected chi connectivity index (χ2v) is 6.97. The number of nitrogens with one attached hydrogen (secondary N) is 1. The van der Waals surface area contributed by atoms with Gasteiger partial charge in [-0.1, -0.05) is 40.2 Å². The van der Waals surface area contributed by atoms with E-state index in [0.29, 0.717) is 5.92 Å². The van der Waals surface area contributed by atoms with Gasteiger partial charge < -0.3 is 5.32 Å². The van der Waals surface area contributed by atoms with E-state index >= 15 is 0 Å². The van der Waals surface area contributed by atoms with Crippen molar-refractivity contribution in [3.05, 3.63) is 80.3 Å². The zero-order valence-corrected chi connectivity index (χ0v) is 13.9. The smallest absolute Gasteiger partial charge is 0.269 e. The molecule has 0 radical (unpaired) electrons. The first-order valence-electron chi connectivity index (χ1n) is 7.60. The van der Waals surface area contributed by atoms with Crippen molar-refractivity contribution in [1.29, 1.82) is 0 Å². The highest BCUT2D eigenvalue weighted by Crippen LogP contribution is 2.50. The van der Waals surface area contributed by atoms with Gasteiger partial charge in [0.25, 0.3) is 5.69 Å². The summed E-state index contributed by atoms with van der Waals surface area (Å²) in [4.78, 5) is 10.7. The fraction of sp³-hybridized carbons (Fsp3) is 0.222. The van der Waals surface area contributed by atoms with E-state index in [1.54, 1.807) is 12.1 Å². The van der Waals surface area contributed by atoms with Gasteiger partial charge in [0, 0.05) is 28.2 Å². The van der Waals surface area contributed by atoms with Crippen LogP contribution in [0.1, 0.15) is 29.5 Å². The minimum atomic E-state index is -0.325. The summed E-state index contributed by atoms with van der Waals surface area (Å²) >= 11 is 3.48. The number of nitrogens with zero attached hydrogens (tertiary/aromatic N) is 1. The Balaban J connectivity index is 1.77. The lowest BCUT2D eigenvalue weighted by Crippen LogP contribution is -2.29. The van der Waals surface area contributed by atoms with E-state index in [1.807, 2.05) is 6.07 Å². The first-order valence-corrected chi connectivity index (χ1v) is 8.40. The molecule has 1 heterocycles. The number of hydrogen-bond acceptors (Lipinski definition) is 3. The molecule has 0 saturated carbocycles. The van der Waals surface area contributed by atoms with Crippen LogP contribution in [0.3, 0.4) is 0 Å². The molecule has 0 fully saturated rings. The van der Waals surface area contributed by atoms with Crippen LogP contribution >= 0.6 is 15.9 Å². The number of anilines is 1. The van der Waals surface area contributed by atoms with Gasteiger partial charge in [-0.25, -0.2) is 0 Å². The molecule has 0 aromatic heterocycles. The third-order valence-electron chi connectivity index (χ3n) is 4.79. The third-order valence-corrected chi connectivity index (χ3v) is 5.31. The molecule has 0 saturated heterocycles. The molecule has 2 aliphatic rings. The number of rotatable bonds is 2. The van der Waals surface area contributed by atoms with Crippen LogP contribution in [0.2, 0.25) is 0 Å². The van der Waals surface area contributed by atoms with E-state index in [0.717, 1.165) is 22.1 Å². The lowest BCUT2D eigenvalue weighted by atomic mass is 9.77. The maximum atomic E-state index is 11.1. The van der Waals surface area contributed by atoms with Crippen molar-refractivity contribution in [3.8, 4) is 0 Å². The summed E-state index contributed by atoms with van der Waals surface area (Å²) in [6, 6.07) is 13.7. The number of hydrogen-bond donors (Lipinski definition) is 1. The number of nitro groups is 1. The molecule has 0 unspecified atom stereocenters. The number of non-ortho nitro benzene ring substituents is 1. The quantitative estimate of drug-likeness (QED) is 0.449. The molecule has 0 bridgehead atoms. The van der Waals surface area contributed by atoms with Gasteiger partial charge in [0.1, 0.15) is 0 Å². The molecular weight excluding hydrogens is 356 g/mol. The average molecular weight is 371 g/mol. The number of fused-ring (bicyclic) bond motifs is 3. The van der Waals surface area contributed by atoms with E-state index in [4.69, 9.17) is 0 Å². The van der Waals surface area contributed by atoms with E-state index in [1.165, 1.54) is 5.56 Å². The Labute approximate surface area is 142 Å². The standard InChI is InChI=1S/C18H15BrN2O2/c19-12-6-4-11(5-7-12)18-15-3-1-2-14(15)16-10-13(21(22)23)8-9-17(16)20-18/h1-2,4-10,14-15,18,20H,3H2/t14-,15+,18+/m1/s1. The molecule has 116 valence electrons. The van der Waals surface area contributed by atoms with Crippen molar-refractivity contribution < 1.29 is 4.92 Å². The summed E-state index contributed by atoms with van der Waals surface area (Å²) in [5, 5.41) is 14.7. The maximum absolute atomic E-state index is 11.1. The molecule has 5 heteroatoms. The predicted molar refractivity (Wildman–Crippen MR) is 93.6 cm³/mol. The SMILES string of the molecule is O=[N+]([O-])c1ccc2c(c1)[C@@H]1C=CC[C@@H]1[C@H](c1ccc(Br)cc1)N2. The normalized spacial score (nSPS) is 24.7. The molecule has 2 aromatic carbocycles. The van der Waals surface area contributed by atoms with Crippen LogP contribution in [0.5, 0.6) is 0 Å². The van der Waals surface area contributed by atoms with Crippen LogP contribution in [-0.2, 0) is 0 Å². The molecule has 0 spiro atoms. The second-order valence-electron chi connectivity index (χ2n) is 6.06. The monoisotopic (exact) mass is 370 g/mol. The van der Waals surface area contributed by atoms with Crippen molar-refractivity contribution in [2.45, 2.75) is 18.4 Å². The highest BCUT2D eigenvalue weighted by Gasteiger charge is 2.38. The van der Waals surface area contributed by atoms with Crippen LogP contribution < -0.4 is 5.32 Å². The topological polar surface area (TPSA) is 55.2 Å². The Hall–Kier alpha value is -2.14. The van der Waals surface area contributed by atoms with Crippen molar-refractivity contribution in [3.63, 3.8) is 0 Å². The summed E-state index contributed by atoms with van der Waals surface area (Å²) in [6.07, 6.45) is 5.37. The average Bonchev–Trinajstić information content (AvgIpc) is 3.04. The summed E-state index contributed by atoms with van der Waals surface area (Å²) in [6.45, 7) is 0. The van der Waals surface area contributed by atoms with E-state index in [2.05, 4.69) is 57.7 Å². The molecule has 4 nitrogen and oxygen atoms in total. The molecule has 4 rings (SSSR count). The lowest BCUT2D eigenvalue weighted by Gasteiger charge is -2.37. The predicted octanol–water partition coefficient (Wildman–Crippen LogP) is 5.18. The molecule has 1 aliphatic carbocycles. The highest BCUT2D eigenvalue weighted by atomic mass is 79.9. The summed E-state index contributed by atoms with van der Waals surface area (Å²) in [5.41, 5.74) is 3.44. The highest BCUT2D eigenvalue weighted by molar-refractivity contribution is 9.10. The molecule has 0 amide bonds. The van der Waals surface area contributed by atoms with Crippen LogP contribution in [-0.4, -0.2) is 4.92 Å². The Morgan fingerprint density at radius 1 is 1.17 bits per heavy atom. The van der Waals surface area contributed by atoms with Gasteiger partial charge in [-0.05, 0) is 41.7 Å². The van der Waals surface area contributed by atoms with Crippen LogP contribution in [0.15, 0.2) is 59.1 Å². The summed E-state index contributed by atoms with van der Waals surface area (Å²) < 4.78 is 1.06. The van der Waals surface area contributed by atoms with E-state index in [9.17, 15) is 10.1 Å².